The van der Waals surface area contributed by atoms with Crippen LogP contribution < -0.4 is 4.72 Å². The molecule has 0 saturated carbocycles. The van der Waals surface area contributed by atoms with E-state index >= 15 is 0 Å². The molecule has 1 aromatic rings. The van der Waals surface area contributed by atoms with Crippen LogP contribution in [-0.2, 0) is 17.1 Å². The van der Waals surface area contributed by atoms with Crippen LogP contribution in [0.5, 0.6) is 0 Å². The van der Waals surface area contributed by atoms with E-state index in [4.69, 9.17) is 5.11 Å². The van der Waals surface area contributed by atoms with Crippen molar-refractivity contribution < 1.29 is 18.3 Å². The summed E-state index contributed by atoms with van der Waals surface area (Å²) in [4.78, 5) is 13.2. The van der Waals surface area contributed by atoms with Crippen LogP contribution in [0.15, 0.2) is 17.2 Å². The van der Waals surface area contributed by atoms with Gasteiger partial charge >= 0.3 is 5.97 Å². The number of hydrogen-bond acceptors (Lipinski definition) is 4. The zero-order chi connectivity index (χ0) is 15.5. The van der Waals surface area contributed by atoms with Gasteiger partial charge in [-0.25, -0.2) is 17.9 Å². The van der Waals surface area contributed by atoms with Crippen molar-refractivity contribution in [3.05, 3.63) is 18.0 Å². The average molecular weight is 315 g/mol. The van der Waals surface area contributed by atoms with Gasteiger partial charge in [0.2, 0.25) is 10.0 Å². The Morgan fingerprint density at radius 2 is 2.00 bits per heavy atom. The van der Waals surface area contributed by atoms with Gasteiger partial charge < -0.3 is 14.6 Å². The minimum Gasteiger partial charge on any atom is -0.477 e. The second kappa shape index (κ2) is 6.59. The molecule has 7 nitrogen and oxygen atoms in total. The van der Waals surface area contributed by atoms with E-state index in [1.165, 1.54) is 30.3 Å². The Kier molecular flexibility index (Phi) is 5.02. The van der Waals surface area contributed by atoms with Gasteiger partial charge in [0.1, 0.15) is 10.6 Å². The third-order valence-corrected chi connectivity index (χ3v) is 5.11. The van der Waals surface area contributed by atoms with Crippen LogP contribution in [0.2, 0.25) is 0 Å². The summed E-state index contributed by atoms with van der Waals surface area (Å²) >= 11 is 0. The number of rotatable bonds is 6. The quantitative estimate of drug-likeness (QED) is 0.797. The second-order valence-electron chi connectivity index (χ2n) is 5.28. The van der Waals surface area contributed by atoms with E-state index in [-0.39, 0.29) is 10.6 Å². The highest BCUT2D eigenvalue weighted by atomic mass is 32.2. The molecule has 0 spiro atoms. The Morgan fingerprint density at radius 3 is 2.57 bits per heavy atom. The predicted molar refractivity (Wildman–Crippen MR) is 77.9 cm³/mol. The Labute approximate surface area is 124 Å². The van der Waals surface area contributed by atoms with Crippen LogP contribution in [0, 0.1) is 0 Å². The van der Waals surface area contributed by atoms with Gasteiger partial charge in [0, 0.05) is 26.3 Å². The number of nitrogens with one attached hydrogen (secondary N) is 1. The van der Waals surface area contributed by atoms with E-state index in [0.717, 1.165) is 25.9 Å². The Bertz CT molecular complexity index is 603. The number of piperidine rings is 1. The minimum atomic E-state index is -3.66. The van der Waals surface area contributed by atoms with Crippen molar-refractivity contribution in [3.63, 3.8) is 0 Å². The van der Waals surface area contributed by atoms with Gasteiger partial charge in [-0.05, 0) is 32.0 Å². The Hall–Kier alpha value is -1.38. The first kappa shape index (κ1) is 16.0. The summed E-state index contributed by atoms with van der Waals surface area (Å²) in [7, 11) is -2.15. The van der Waals surface area contributed by atoms with Crippen molar-refractivity contribution in [1.82, 2.24) is 14.2 Å². The first-order chi connectivity index (χ1) is 9.90. The summed E-state index contributed by atoms with van der Waals surface area (Å²) in [6, 6.07) is 1.17. The lowest BCUT2D eigenvalue weighted by Crippen LogP contribution is -2.37. The molecule has 0 amide bonds. The monoisotopic (exact) mass is 315 g/mol. The predicted octanol–water partition coefficient (Wildman–Crippen LogP) is 0.488. The summed E-state index contributed by atoms with van der Waals surface area (Å²) in [6.45, 7) is 3.03. The van der Waals surface area contributed by atoms with E-state index in [1.807, 2.05) is 0 Å². The van der Waals surface area contributed by atoms with Crippen molar-refractivity contribution in [1.29, 1.82) is 0 Å². The highest BCUT2D eigenvalue weighted by Crippen LogP contribution is 2.13. The normalized spacial score (nSPS) is 17.0. The molecule has 1 saturated heterocycles. The van der Waals surface area contributed by atoms with Gasteiger partial charge in [0.25, 0.3) is 0 Å². The van der Waals surface area contributed by atoms with E-state index in [2.05, 4.69) is 9.62 Å². The molecule has 0 bridgehead atoms. The lowest BCUT2D eigenvalue weighted by molar-refractivity contribution is 0.0686. The highest BCUT2D eigenvalue weighted by molar-refractivity contribution is 7.89. The Balaban J connectivity index is 1.95. The fourth-order valence-corrected chi connectivity index (χ4v) is 3.59. The maximum atomic E-state index is 12.1. The third kappa shape index (κ3) is 4.05. The molecule has 2 heterocycles. The molecule has 2 N–H and O–H groups in total. The Morgan fingerprint density at radius 1 is 1.33 bits per heavy atom. The fraction of sp³-hybridized carbons (Fsp3) is 0.615. The zero-order valence-electron chi connectivity index (χ0n) is 12.1. The maximum Gasteiger partial charge on any atom is 0.352 e. The molecule has 8 heteroatoms. The molecule has 21 heavy (non-hydrogen) atoms. The van der Waals surface area contributed by atoms with E-state index < -0.39 is 16.0 Å². The van der Waals surface area contributed by atoms with Crippen LogP contribution in [0.25, 0.3) is 0 Å². The zero-order valence-corrected chi connectivity index (χ0v) is 12.9. The summed E-state index contributed by atoms with van der Waals surface area (Å²) in [5.41, 5.74) is -0.0496. The highest BCUT2D eigenvalue weighted by Gasteiger charge is 2.20. The lowest BCUT2D eigenvalue weighted by atomic mass is 10.1. The van der Waals surface area contributed by atoms with Crippen molar-refractivity contribution in [2.45, 2.75) is 24.2 Å². The van der Waals surface area contributed by atoms with Crippen molar-refractivity contribution in [3.8, 4) is 0 Å². The van der Waals surface area contributed by atoms with Crippen LogP contribution in [0.3, 0.4) is 0 Å². The van der Waals surface area contributed by atoms with Gasteiger partial charge in [-0.15, -0.1) is 0 Å². The summed E-state index contributed by atoms with van der Waals surface area (Å²) in [6.07, 6.45) is 4.87. The van der Waals surface area contributed by atoms with Crippen LogP contribution in [0.4, 0.5) is 0 Å². The fourth-order valence-electron chi connectivity index (χ4n) is 2.50. The SMILES string of the molecule is Cn1cc(S(=O)(=O)NCCN2CCCCC2)cc1C(=O)O. The number of aromatic nitrogens is 1. The first-order valence-corrected chi connectivity index (χ1v) is 8.50. The van der Waals surface area contributed by atoms with Crippen LogP contribution >= 0.6 is 0 Å². The first-order valence-electron chi connectivity index (χ1n) is 7.02. The van der Waals surface area contributed by atoms with Gasteiger partial charge in [-0.1, -0.05) is 6.42 Å². The van der Waals surface area contributed by atoms with Gasteiger partial charge in [-0.2, -0.15) is 0 Å². The third-order valence-electron chi connectivity index (χ3n) is 3.68. The molecule has 0 atom stereocenters. The van der Waals surface area contributed by atoms with Crippen LogP contribution in [0.1, 0.15) is 29.8 Å². The molecule has 0 aromatic carbocycles. The molecule has 1 aliphatic rings. The number of aromatic carboxylic acids is 1. The number of carboxylic acid groups (broad SMARTS) is 1. The molecular weight excluding hydrogens is 294 g/mol. The summed E-state index contributed by atoms with van der Waals surface area (Å²) in [5.74, 6) is -1.15. The van der Waals surface area contributed by atoms with Crippen LogP contribution in [-0.4, -0.2) is 55.1 Å². The largest absolute Gasteiger partial charge is 0.477 e. The number of nitrogens with zero attached hydrogens (tertiary/aromatic N) is 2. The molecule has 1 aliphatic heterocycles. The lowest BCUT2D eigenvalue weighted by Gasteiger charge is -2.26. The number of aryl methyl sites for hydroxylation is 1. The number of carboxylic acids is 1. The van der Waals surface area contributed by atoms with Gasteiger partial charge in [0.05, 0.1) is 0 Å². The smallest absolute Gasteiger partial charge is 0.352 e. The topological polar surface area (TPSA) is 91.6 Å². The summed E-state index contributed by atoms with van der Waals surface area (Å²) in [5, 5.41) is 8.95. The molecule has 0 unspecified atom stereocenters. The molecule has 1 fully saturated rings. The summed E-state index contributed by atoms with van der Waals surface area (Å²) < 4.78 is 28.1. The van der Waals surface area contributed by atoms with Crippen molar-refractivity contribution in [2.24, 2.45) is 7.05 Å². The van der Waals surface area contributed by atoms with E-state index in [1.54, 1.807) is 0 Å². The molecule has 118 valence electrons. The number of likely N-dealkylation sites (tertiary alicyclic amines) is 1. The maximum absolute atomic E-state index is 12.1. The standard InChI is InChI=1S/C13H21N3O4S/c1-15-10-11(9-12(15)13(17)18)21(19,20)14-5-8-16-6-3-2-4-7-16/h9-10,14H,2-8H2,1H3,(H,17,18). The van der Waals surface area contributed by atoms with Gasteiger partial charge in [0.15, 0.2) is 0 Å². The average Bonchev–Trinajstić information content (AvgIpc) is 2.83. The number of carbonyl (C=O) groups is 1. The van der Waals surface area contributed by atoms with Gasteiger partial charge in [-0.3, -0.25) is 0 Å². The van der Waals surface area contributed by atoms with Crippen molar-refractivity contribution >= 4 is 16.0 Å². The molecular formula is C13H21N3O4S. The molecule has 1 aromatic heterocycles. The number of sulfonamides is 1. The van der Waals surface area contributed by atoms with Crippen molar-refractivity contribution in [2.75, 3.05) is 26.2 Å². The minimum absolute atomic E-state index is 0.0129. The van der Waals surface area contributed by atoms with E-state index in [0.29, 0.717) is 13.1 Å². The number of hydrogen-bond donors (Lipinski definition) is 2. The molecule has 0 radical (unpaired) electrons. The second-order valence-corrected chi connectivity index (χ2v) is 7.04. The van der Waals surface area contributed by atoms with E-state index in [9.17, 15) is 13.2 Å². The molecule has 2 rings (SSSR count). The molecule has 0 aliphatic carbocycles.